The van der Waals surface area contributed by atoms with E-state index in [0.717, 1.165) is 75.1 Å². The van der Waals surface area contributed by atoms with Gasteiger partial charge in [-0.25, -0.2) is 4.79 Å². The lowest BCUT2D eigenvalue weighted by molar-refractivity contribution is -0.154. The maximum Gasteiger partial charge on any atom is 0.319 e. The second kappa shape index (κ2) is 9.95. The molecule has 0 bridgehead atoms. The molecule has 9 nitrogen and oxygen atoms in total. The van der Waals surface area contributed by atoms with Crippen molar-refractivity contribution in [3.05, 3.63) is 16.0 Å². The van der Waals surface area contributed by atoms with E-state index < -0.39 is 0 Å². The minimum absolute atomic E-state index is 0.0240. The zero-order valence-corrected chi connectivity index (χ0v) is 22.5. The molecule has 3 fully saturated rings. The SMILES string of the molecule is CCNC(=O)Nc1sc2c(c1C(=O)N1CCC(N3CCCC4(C3)CC(C)(C)OC4=O)CC1)CCNC2. The minimum Gasteiger partial charge on any atom is -0.459 e. The minimum atomic E-state index is -0.384. The molecule has 4 aliphatic heterocycles. The lowest BCUT2D eigenvalue weighted by Crippen LogP contribution is -2.53. The monoisotopic (exact) mass is 517 g/mol. The molecule has 5 heterocycles. The van der Waals surface area contributed by atoms with Crippen molar-refractivity contribution in [1.29, 1.82) is 0 Å². The van der Waals surface area contributed by atoms with Crippen LogP contribution in [0.1, 0.15) is 73.7 Å². The summed E-state index contributed by atoms with van der Waals surface area (Å²) in [4.78, 5) is 44.4. The Morgan fingerprint density at radius 3 is 2.69 bits per heavy atom. The Labute approximate surface area is 217 Å². The topological polar surface area (TPSA) is 103 Å². The van der Waals surface area contributed by atoms with Crippen LogP contribution in [0.3, 0.4) is 0 Å². The highest BCUT2D eigenvalue weighted by molar-refractivity contribution is 7.17. The molecule has 1 atom stereocenters. The number of fused-ring (bicyclic) bond motifs is 1. The number of carbonyl (C=O) groups is 3. The first kappa shape index (κ1) is 25.5. The number of hydrogen-bond acceptors (Lipinski definition) is 7. The Morgan fingerprint density at radius 2 is 2.00 bits per heavy atom. The fourth-order valence-corrected chi connectivity index (χ4v) is 7.83. The van der Waals surface area contributed by atoms with Gasteiger partial charge in [-0.05, 0) is 71.5 Å². The van der Waals surface area contributed by atoms with E-state index in [1.54, 1.807) is 0 Å². The molecule has 4 aliphatic rings. The van der Waals surface area contributed by atoms with Crippen LogP contribution >= 0.6 is 11.3 Å². The van der Waals surface area contributed by atoms with Crippen LogP contribution in [0, 0.1) is 5.41 Å². The molecule has 0 saturated carbocycles. The highest BCUT2D eigenvalue weighted by atomic mass is 32.1. The van der Waals surface area contributed by atoms with Gasteiger partial charge in [0.25, 0.3) is 5.91 Å². The van der Waals surface area contributed by atoms with E-state index in [1.165, 1.54) is 11.3 Å². The number of likely N-dealkylation sites (tertiary alicyclic amines) is 2. The van der Waals surface area contributed by atoms with Gasteiger partial charge >= 0.3 is 12.0 Å². The zero-order chi connectivity index (χ0) is 25.5. The lowest BCUT2D eigenvalue weighted by Gasteiger charge is -2.45. The third kappa shape index (κ3) is 4.87. The van der Waals surface area contributed by atoms with E-state index >= 15 is 0 Å². The largest absolute Gasteiger partial charge is 0.459 e. The first-order chi connectivity index (χ1) is 17.2. The van der Waals surface area contributed by atoms with Gasteiger partial charge in [-0.2, -0.15) is 0 Å². The molecule has 10 heteroatoms. The van der Waals surface area contributed by atoms with Crippen LogP contribution in [0.25, 0.3) is 0 Å². The van der Waals surface area contributed by atoms with E-state index in [9.17, 15) is 14.4 Å². The van der Waals surface area contributed by atoms with Crippen LogP contribution in [-0.2, 0) is 22.5 Å². The number of thiophene rings is 1. The average molecular weight is 518 g/mol. The van der Waals surface area contributed by atoms with Gasteiger partial charge in [0.2, 0.25) is 0 Å². The number of anilines is 1. The molecule has 1 unspecified atom stereocenters. The van der Waals surface area contributed by atoms with Crippen molar-refractivity contribution in [3.63, 3.8) is 0 Å². The summed E-state index contributed by atoms with van der Waals surface area (Å²) in [5.74, 6) is -0.00967. The predicted molar refractivity (Wildman–Crippen MR) is 139 cm³/mol. The fraction of sp³-hybridized carbons (Fsp3) is 0.731. The molecule has 0 aliphatic carbocycles. The second-order valence-corrected chi connectivity index (χ2v) is 12.4. The molecule has 3 amide bonds. The maximum absolute atomic E-state index is 13.8. The Morgan fingerprint density at radius 1 is 1.22 bits per heavy atom. The summed E-state index contributed by atoms with van der Waals surface area (Å²) >= 11 is 1.51. The van der Waals surface area contributed by atoms with Gasteiger partial charge in [-0.3, -0.25) is 19.8 Å². The molecule has 1 aromatic rings. The molecule has 5 rings (SSSR count). The number of carbonyl (C=O) groups excluding carboxylic acids is 3. The van der Waals surface area contributed by atoms with Crippen molar-refractivity contribution in [2.45, 2.75) is 77.5 Å². The first-order valence-corrected chi connectivity index (χ1v) is 14.2. The quantitative estimate of drug-likeness (QED) is 0.531. The molecular weight excluding hydrogens is 478 g/mol. The Balaban J connectivity index is 1.26. The van der Waals surface area contributed by atoms with Crippen molar-refractivity contribution in [1.82, 2.24) is 20.4 Å². The van der Waals surface area contributed by atoms with Crippen LogP contribution in [-0.4, -0.2) is 78.6 Å². The van der Waals surface area contributed by atoms with E-state index in [4.69, 9.17) is 4.74 Å². The van der Waals surface area contributed by atoms with Gasteiger partial charge < -0.3 is 20.3 Å². The summed E-state index contributed by atoms with van der Waals surface area (Å²) < 4.78 is 5.71. The number of nitrogens with one attached hydrogen (secondary N) is 3. The van der Waals surface area contributed by atoms with Crippen molar-refractivity contribution in [2.75, 3.05) is 44.6 Å². The first-order valence-electron chi connectivity index (χ1n) is 13.4. The van der Waals surface area contributed by atoms with Crippen molar-refractivity contribution in [2.24, 2.45) is 5.41 Å². The van der Waals surface area contributed by atoms with E-state index in [1.807, 2.05) is 25.7 Å². The number of rotatable bonds is 4. The Kier molecular flexibility index (Phi) is 7.04. The van der Waals surface area contributed by atoms with E-state index in [0.29, 0.717) is 36.2 Å². The van der Waals surface area contributed by atoms with Crippen LogP contribution in [0.5, 0.6) is 0 Å². The average Bonchev–Trinajstić information content (AvgIpc) is 3.31. The molecule has 1 spiro atoms. The van der Waals surface area contributed by atoms with Crippen LogP contribution in [0.2, 0.25) is 0 Å². The van der Waals surface area contributed by atoms with E-state index in [2.05, 4.69) is 20.9 Å². The number of nitrogens with zero attached hydrogens (tertiary/aromatic N) is 2. The highest BCUT2D eigenvalue weighted by Gasteiger charge is 2.54. The summed E-state index contributed by atoms with van der Waals surface area (Å²) in [5.41, 5.74) is 0.996. The summed E-state index contributed by atoms with van der Waals surface area (Å²) in [5, 5.41) is 9.72. The lowest BCUT2D eigenvalue weighted by atomic mass is 9.74. The predicted octanol–water partition coefficient (Wildman–Crippen LogP) is 2.95. The number of hydrogen-bond donors (Lipinski definition) is 3. The smallest absolute Gasteiger partial charge is 0.319 e. The molecule has 3 N–H and O–H groups in total. The van der Waals surface area contributed by atoms with Crippen LogP contribution in [0.15, 0.2) is 0 Å². The third-order valence-electron chi connectivity index (χ3n) is 8.15. The Bertz CT molecular complexity index is 1030. The molecule has 3 saturated heterocycles. The second-order valence-electron chi connectivity index (χ2n) is 11.3. The number of cyclic esters (lactones) is 1. The molecular formula is C26H39N5O4S. The van der Waals surface area contributed by atoms with Gasteiger partial charge in [-0.1, -0.05) is 0 Å². The standard InChI is InChI=1S/C26H39N5O4S/c1-4-28-24(34)29-21-20(18-6-10-27-14-19(18)36-21)22(32)30-12-7-17(8-13-30)31-11-5-9-26(16-31)15-25(2,3)35-23(26)33/h17,27H,4-16H2,1-3H3,(H2,28,29,34). The van der Waals surface area contributed by atoms with Crippen molar-refractivity contribution < 1.29 is 19.1 Å². The van der Waals surface area contributed by atoms with Crippen LogP contribution < -0.4 is 16.0 Å². The normalized spacial score (nSPS) is 26.5. The van der Waals surface area contributed by atoms with Gasteiger partial charge in [-0.15, -0.1) is 11.3 Å². The highest BCUT2D eigenvalue weighted by Crippen LogP contribution is 2.47. The summed E-state index contributed by atoms with van der Waals surface area (Å²) in [6.45, 7) is 11.1. The van der Waals surface area contributed by atoms with E-state index in [-0.39, 0.29) is 28.9 Å². The summed E-state index contributed by atoms with van der Waals surface area (Å²) in [6, 6.07) is 0.0979. The number of urea groups is 1. The number of amides is 3. The molecule has 198 valence electrons. The number of ether oxygens (including phenoxy) is 1. The van der Waals surface area contributed by atoms with Gasteiger partial charge in [0.15, 0.2) is 0 Å². The molecule has 0 aromatic carbocycles. The van der Waals surface area contributed by atoms with Crippen molar-refractivity contribution >= 4 is 34.2 Å². The molecule has 1 aromatic heterocycles. The molecule has 36 heavy (non-hydrogen) atoms. The van der Waals surface area contributed by atoms with Gasteiger partial charge in [0.05, 0.1) is 11.0 Å². The number of esters is 1. The van der Waals surface area contributed by atoms with Crippen molar-refractivity contribution in [3.8, 4) is 0 Å². The summed E-state index contributed by atoms with van der Waals surface area (Å²) in [6.07, 6.45) is 5.28. The van der Waals surface area contributed by atoms with Gasteiger partial charge in [0.1, 0.15) is 10.6 Å². The zero-order valence-electron chi connectivity index (χ0n) is 21.7. The van der Waals surface area contributed by atoms with Gasteiger partial charge in [0, 0.05) is 50.1 Å². The number of piperidine rings is 2. The Hall–Kier alpha value is -2.17. The maximum atomic E-state index is 13.8. The third-order valence-corrected chi connectivity index (χ3v) is 9.29. The summed E-state index contributed by atoms with van der Waals surface area (Å²) in [7, 11) is 0. The van der Waals surface area contributed by atoms with Crippen LogP contribution in [0.4, 0.5) is 9.80 Å². The fourth-order valence-electron chi connectivity index (χ4n) is 6.62. The molecule has 0 radical (unpaired) electrons.